The average Bonchev–Trinajstić information content (AvgIpc) is 2.52. The van der Waals surface area contributed by atoms with Crippen molar-refractivity contribution in [2.45, 2.75) is 0 Å². The number of halogens is 3. The van der Waals surface area contributed by atoms with Crippen LogP contribution in [0.1, 0.15) is 10.4 Å². The van der Waals surface area contributed by atoms with Gasteiger partial charge in [0.15, 0.2) is 6.61 Å². The number of carbonyl (C=O) groups excluding carboxylic acids is 2. The number of amides is 2. The Morgan fingerprint density at radius 1 is 0.913 bits per heavy atom. The van der Waals surface area contributed by atoms with Gasteiger partial charge in [0.05, 0.1) is 15.6 Å². The predicted octanol–water partition coefficient (Wildman–Crippen LogP) is 3.49. The lowest BCUT2D eigenvalue weighted by molar-refractivity contribution is -0.123. The molecule has 0 bridgehead atoms. The maximum atomic E-state index is 12.0. The van der Waals surface area contributed by atoms with E-state index in [0.29, 0.717) is 10.8 Å². The van der Waals surface area contributed by atoms with Crippen molar-refractivity contribution < 1.29 is 14.3 Å². The maximum absolute atomic E-state index is 12.0. The minimum absolute atomic E-state index is 0.0785. The highest BCUT2D eigenvalue weighted by molar-refractivity contribution is 6.39. The van der Waals surface area contributed by atoms with E-state index in [1.807, 2.05) is 0 Å². The van der Waals surface area contributed by atoms with Crippen molar-refractivity contribution in [2.75, 3.05) is 6.61 Å². The standard InChI is InChI=1S/C15H11Cl3N2O3/c16-9-4-6-10(7-5-9)23-8-13(21)19-20-15(22)14-11(17)2-1-3-12(14)18/h1-7H,8H2,(H,19,21)(H,20,22). The first-order valence-corrected chi connectivity index (χ1v) is 7.52. The normalized spacial score (nSPS) is 10.0. The van der Waals surface area contributed by atoms with E-state index < -0.39 is 11.8 Å². The summed E-state index contributed by atoms with van der Waals surface area (Å²) in [5.74, 6) is -0.693. The lowest BCUT2D eigenvalue weighted by Gasteiger charge is -2.10. The topological polar surface area (TPSA) is 67.4 Å². The van der Waals surface area contributed by atoms with Crippen molar-refractivity contribution in [1.29, 1.82) is 0 Å². The molecule has 0 aliphatic heterocycles. The summed E-state index contributed by atoms with van der Waals surface area (Å²) in [4.78, 5) is 23.6. The fourth-order valence-corrected chi connectivity index (χ4v) is 2.31. The van der Waals surface area contributed by atoms with Crippen LogP contribution in [0.15, 0.2) is 42.5 Å². The second-order valence-electron chi connectivity index (χ2n) is 4.34. The molecule has 2 aromatic rings. The summed E-state index contributed by atoms with van der Waals surface area (Å²) in [6, 6.07) is 11.2. The first-order valence-electron chi connectivity index (χ1n) is 6.39. The summed E-state index contributed by atoms with van der Waals surface area (Å²) in [7, 11) is 0. The first kappa shape index (κ1) is 17.4. The molecule has 8 heteroatoms. The summed E-state index contributed by atoms with van der Waals surface area (Å²) in [5.41, 5.74) is 4.51. The van der Waals surface area contributed by atoms with E-state index in [1.165, 1.54) is 12.1 Å². The monoisotopic (exact) mass is 372 g/mol. The van der Waals surface area contributed by atoms with Gasteiger partial charge in [0, 0.05) is 5.02 Å². The van der Waals surface area contributed by atoms with Gasteiger partial charge < -0.3 is 4.74 Å². The van der Waals surface area contributed by atoms with Gasteiger partial charge in [0.25, 0.3) is 11.8 Å². The number of ether oxygens (including phenoxy) is 1. The van der Waals surface area contributed by atoms with Gasteiger partial charge in [-0.25, -0.2) is 0 Å². The average molecular weight is 374 g/mol. The van der Waals surface area contributed by atoms with Gasteiger partial charge in [-0.05, 0) is 36.4 Å². The number of nitrogens with one attached hydrogen (secondary N) is 2. The summed E-state index contributed by atoms with van der Waals surface area (Å²) < 4.78 is 5.23. The molecule has 2 aromatic carbocycles. The second-order valence-corrected chi connectivity index (χ2v) is 5.59. The number of hydrazine groups is 1. The third kappa shape index (κ3) is 5.03. The van der Waals surface area contributed by atoms with E-state index in [-0.39, 0.29) is 22.2 Å². The Morgan fingerprint density at radius 3 is 2.13 bits per heavy atom. The van der Waals surface area contributed by atoms with Crippen molar-refractivity contribution in [3.05, 3.63) is 63.1 Å². The number of hydrogen-bond donors (Lipinski definition) is 2. The molecule has 5 nitrogen and oxygen atoms in total. The Balaban J connectivity index is 1.84. The Bertz CT molecular complexity index is 700. The third-order valence-electron chi connectivity index (χ3n) is 2.69. The molecular weight excluding hydrogens is 363 g/mol. The van der Waals surface area contributed by atoms with E-state index in [2.05, 4.69) is 10.9 Å². The summed E-state index contributed by atoms with van der Waals surface area (Å²) in [6.07, 6.45) is 0. The third-order valence-corrected chi connectivity index (χ3v) is 3.57. The van der Waals surface area contributed by atoms with Crippen LogP contribution in [0.2, 0.25) is 15.1 Å². The number of rotatable bonds is 4. The molecule has 120 valence electrons. The SMILES string of the molecule is O=C(COc1ccc(Cl)cc1)NNC(=O)c1c(Cl)cccc1Cl. The van der Waals surface area contributed by atoms with Crippen LogP contribution in [0, 0.1) is 0 Å². The zero-order valence-corrected chi connectivity index (χ0v) is 13.9. The molecule has 2 rings (SSSR count). The van der Waals surface area contributed by atoms with E-state index in [0.717, 1.165) is 0 Å². The van der Waals surface area contributed by atoms with Crippen LogP contribution in [0.5, 0.6) is 5.75 Å². The minimum atomic E-state index is -0.625. The van der Waals surface area contributed by atoms with Gasteiger partial charge in [0.1, 0.15) is 5.75 Å². The lowest BCUT2D eigenvalue weighted by Crippen LogP contribution is -2.44. The summed E-state index contributed by atoms with van der Waals surface area (Å²) >= 11 is 17.5. The van der Waals surface area contributed by atoms with Crippen molar-refractivity contribution >= 4 is 46.6 Å². The fraction of sp³-hybridized carbons (Fsp3) is 0.0667. The molecule has 0 unspecified atom stereocenters. The smallest absolute Gasteiger partial charge is 0.276 e. The van der Waals surface area contributed by atoms with Crippen LogP contribution >= 0.6 is 34.8 Å². The minimum Gasteiger partial charge on any atom is -0.484 e. The lowest BCUT2D eigenvalue weighted by atomic mass is 10.2. The molecule has 0 fully saturated rings. The predicted molar refractivity (Wildman–Crippen MR) is 89.0 cm³/mol. The quantitative estimate of drug-likeness (QED) is 0.806. The number of carbonyl (C=O) groups is 2. The van der Waals surface area contributed by atoms with Gasteiger partial charge >= 0.3 is 0 Å². The molecule has 0 aromatic heterocycles. The van der Waals surface area contributed by atoms with Crippen molar-refractivity contribution in [3.63, 3.8) is 0 Å². The Kier molecular flexibility index (Phi) is 6.10. The molecule has 0 saturated carbocycles. The van der Waals surface area contributed by atoms with E-state index in [9.17, 15) is 9.59 Å². The van der Waals surface area contributed by atoms with Gasteiger partial charge in [-0.3, -0.25) is 20.4 Å². The maximum Gasteiger partial charge on any atom is 0.276 e. The molecule has 0 aliphatic carbocycles. The van der Waals surface area contributed by atoms with Crippen molar-refractivity contribution in [1.82, 2.24) is 10.9 Å². The van der Waals surface area contributed by atoms with Crippen LogP contribution in [0.4, 0.5) is 0 Å². The second kappa shape index (κ2) is 8.06. The summed E-state index contributed by atoms with van der Waals surface area (Å²) in [5, 5.41) is 0.925. The van der Waals surface area contributed by atoms with Gasteiger partial charge in [-0.1, -0.05) is 40.9 Å². The molecule has 2 amide bonds. The highest BCUT2D eigenvalue weighted by atomic mass is 35.5. The number of benzene rings is 2. The van der Waals surface area contributed by atoms with E-state index in [4.69, 9.17) is 39.5 Å². The van der Waals surface area contributed by atoms with Crippen LogP contribution in [-0.4, -0.2) is 18.4 Å². The van der Waals surface area contributed by atoms with Gasteiger partial charge in [-0.15, -0.1) is 0 Å². The molecular formula is C15H11Cl3N2O3. The van der Waals surface area contributed by atoms with Crippen molar-refractivity contribution in [2.24, 2.45) is 0 Å². The highest BCUT2D eigenvalue weighted by Crippen LogP contribution is 2.23. The highest BCUT2D eigenvalue weighted by Gasteiger charge is 2.15. The fourth-order valence-electron chi connectivity index (χ4n) is 1.62. The van der Waals surface area contributed by atoms with E-state index in [1.54, 1.807) is 30.3 Å². The van der Waals surface area contributed by atoms with Crippen molar-refractivity contribution in [3.8, 4) is 5.75 Å². The molecule has 0 spiro atoms. The van der Waals surface area contributed by atoms with Crippen LogP contribution in [-0.2, 0) is 4.79 Å². The molecule has 0 heterocycles. The molecule has 0 saturated heterocycles. The molecule has 0 atom stereocenters. The Labute approximate surface area is 147 Å². The molecule has 0 aliphatic rings. The zero-order chi connectivity index (χ0) is 16.8. The largest absolute Gasteiger partial charge is 0.484 e. The first-order chi connectivity index (χ1) is 11.0. The molecule has 0 radical (unpaired) electrons. The summed E-state index contributed by atoms with van der Waals surface area (Å²) in [6.45, 7) is -0.280. The Morgan fingerprint density at radius 2 is 1.52 bits per heavy atom. The van der Waals surface area contributed by atoms with Gasteiger partial charge in [0.2, 0.25) is 0 Å². The Hall–Kier alpha value is -1.95. The van der Waals surface area contributed by atoms with Crippen LogP contribution < -0.4 is 15.6 Å². The molecule has 2 N–H and O–H groups in total. The van der Waals surface area contributed by atoms with Gasteiger partial charge in [-0.2, -0.15) is 0 Å². The van der Waals surface area contributed by atoms with Crippen LogP contribution in [0.3, 0.4) is 0 Å². The zero-order valence-electron chi connectivity index (χ0n) is 11.6. The van der Waals surface area contributed by atoms with Crippen LogP contribution in [0.25, 0.3) is 0 Å². The number of hydrogen-bond acceptors (Lipinski definition) is 3. The molecule has 23 heavy (non-hydrogen) atoms. The van der Waals surface area contributed by atoms with E-state index >= 15 is 0 Å².